The molecule has 0 saturated carbocycles. The zero-order valence-electron chi connectivity index (χ0n) is 12.2. The van der Waals surface area contributed by atoms with Crippen LogP contribution in [0.15, 0.2) is 12.1 Å². The molecule has 2 aromatic heterocycles. The van der Waals surface area contributed by atoms with Crippen LogP contribution in [0, 0.1) is 10.1 Å². The number of amides is 2. The number of aryl methyl sites for hydroxylation is 1. The van der Waals surface area contributed by atoms with E-state index >= 15 is 0 Å². The molecular formula is C14H13N3O4S2. The van der Waals surface area contributed by atoms with E-state index in [2.05, 4.69) is 10.6 Å². The largest absolute Gasteiger partial charge is 0.355 e. The van der Waals surface area contributed by atoms with Crippen LogP contribution in [0.25, 0.3) is 0 Å². The van der Waals surface area contributed by atoms with Crippen LogP contribution in [0.4, 0.5) is 10.0 Å². The third kappa shape index (κ3) is 2.84. The number of nitrogens with zero attached hydrogens (tertiary/aromatic N) is 1. The summed E-state index contributed by atoms with van der Waals surface area (Å²) in [6.45, 7) is 0. The highest BCUT2D eigenvalue weighted by molar-refractivity contribution is 7.18. The predicted octanol–water partition coefficient (Wildman–Crippen LogP) is 2.82. The third-order valence-corrected chi connectivity index (χ3v) is 5.84. The van der Waals surface area contributed by atoms with Gasteiger partial charge in [0, 0.05) is 18.0 Å². The van der Waals surface area contributed by atoms with Crippen molar-refractivity contribution in [3.63, 3.8) is 0 Å². The van der Waals surface area contributed by atoms with Gasteiger partial charge in [0.15, 0.2) is 0 Å². The molecule has 2 heterocycles. The molecule has 2 N–H and O–H groups in total. The normalized spacial score (nSPS) is 12.7. The van der Waals surface area contributed by atoms with Gasteiger partial charge in [-0.2, -0.15) is 0 Å². The van der Waals surface area contributed by atoms with E-state index in [0.29, 0.717) is 10.6 Å². The van der Waals surface area contributed by atoms with Crippen LogP contribution in [0.2, 0.25) is 0 Å². The van der Waals surface area contributed by atoms with Crippen molar-refractivity contribution >= 4 is 44.5 Å². The molecule has 0 radical (unpaired) electrons. The number of nitrogens with one attached hydrogen (secondary N) is 2. The Morgan fingerprint density at radius 2 is 2.00 bits per heavy atom. The molecule has 0 aromatic carbocycles. The van der Waals surface area contributed by atoms with Crippen molar-refractivity contribution in [2.45, 2.75) is 19.3 Å². The predicted molar refractivity (Wildman–Crippen MR) is 88.7 cm³/mol. The van der Waals surface area contributed by atoms with E-state index in [9.17, 15) is 19.7 Å². The Kier molecular flexibility index (Phi) is 4.14. The highest BCUT2D eigenvalue weighted by Gasteiger charge is 2.27. The topological polar surface area (TPSA) is 101 Å². The van der Waals surface area contributed by atoms with Crippen LogP contribution >= 0.6 is 22.7 Å². The molecule has 1 aliphatic rings. The van der Waals surface area contributed by atoms with Gasteiger partial charge in [-0.15, -0.1) is 11.3 Å². The molecule has 7 nitrogen and oxygen atoms in total. The first-order valence-electron chi connectivity index (χ1n) is 6.93. The number of thiophene rings is 2. The molecule has 0 fully saturated rings. The van der Waals surface area contributed by atoms with Gasteiger partial charge in [0.2, 0.25) is 0 Å². The second-order valence-electron chi connectivity index (χ2n) is 4.99. The molecule has 0 bridgehead atoms. The van der Waals surface area contributed by atoms with Gasteiger partial charge in [0.1, 0.15) is 5.00 Å². The molecule has 1 aliphatic carbocycles. The Balaban J connectivity index is 1.89. The molecule has 9 heteroatoms. The van der Waals surface area contributed by atoms with Gasteiger partial charge in [-0.3, -0.25) is 19.7 Å². The highest BCUT2D eigenvalue weighted by atomic mass is 32.1. The van der Waals surface area contributed by atoms with Crippen molar-refractivity contribution in [2.75, 3.05) is 12.4 Å². The number of rotatable bonds is 4. The summed E-state index contributed by atoms with van der Waals surface area (Å²) in [5, 5.41) is 16.5. The van der Waals surface area contributed by atoms with Gasteiger partial charge in [0.25, 0.3) is 11.8 Å². The minimum Gasteiger partial charge on any atom is -0.355 e. The first-order chi connectivity index (χ1) is 11.0. The summed E-state index contributed by atoms with van der Waals surface area (Å²) in [6.07, 6.45) is 2.75. The summed E-state index contributed by atoms with van der Waals surface area (Å²) >= 11 is 2.22. The van der Waals surface area contributed by atoms with Crippen LogP contribution in [-0.2, 0) is 12.8 Å². The molecule has 2 amide bonds. The first-order valence-corrected chi connectivity index (χ1v) is 8.56. The van der Waals surface area contributed by atoms with E-state index in [4.69, 9.17) is 0 Å². The number of anilines is 1. The van der Waals surface area contributed by atoms with Gasteiger partial charge in [-0.1, -0.05) is 11.3 Å². The lowest BCUT2D eigenvalue weighted by atomic mass is 10.1. The van der Waals surface area contributed by atoms with E-state index in [1.807, 2.05) is 0 Å². The SMILES string of the molecule is CNC(=O)c1c(NC(=O)c2ccc([N+](=O)[O-])s2)sc2c1CCC2. The summed E-state index contributed by atoms with van der Waals surface area (Å²) in [5.41, 5.74) is 1.52. The van der Waals surface area contributed by atoms with E-state index in [0.717, 1.165) is 41.0 Å². The summed E-state index contributed by atoms with van der Waals surface area (Å²) < 4.78 is 0. The van der Waals surface area contributed by atoms with Gasteiger partial charge < -0.3 is 10.6 Å². The maximum absolute atomic E-state index is 12.3. The number of hydrogen-bond donors (Lipinski definition) is 2. The minimum atomic E-state index is -0.531. The maximum Gasteiger partial charge on any atom is 0.324 e. The van der Waals surface area contributed by atoms with E-state index in [1.165, 1.54) is 23.5 Å². The smallest absolute Gasteiger partial charge is 0.324 e. The Bertz CT molecular complexity index is 809. The van der Waals surface area contributed by atoms with Gasteiger partial charge in [0.05, 0.1) is 15.4 Å². The van der Waals surface area contributed by atoms with Crippen molar-refractivity contribution in [3.05, 3.63) is 43.1 Å². The third-order valence-electron chi connectivity index (χ3n) is 3.60. The molecule has 23 heavy (non-hydrogen) atoms. The molecule has 2 aromatic rings. The van der Waals surface area contributed by atoms with E-state index in [1.54, 1.807) is 7.05 Å². The highest BCUT2D eigenvalue weighted by Crippen LogP contribution is 2.39. The van der Waals surface area contributed by atoms with Crippen molar-refractivity contribution in [2.24, 2.45) is 0 Å². The standard InChI is InChI=1S/C14H13N3O4S2/c1-15-13(19)11-7-3-2-4-8(7)23-14(11)16-12(18)9-5-6-10(22-9)17(20)21/h5-6H,2-4H2,1H3,(H,15,19)(H,16,18). The quantitative estimate of drug-likeness (QED) is 0.653. The Hall–Kier alpha value is -2.26. The zero-order chi connectivity index (χ0) is 16.6. The van der Waals surface area contributed by atoms with Gasteiger partial charge in [-0.25, -0.2) is 0 Å². The fraction of sp³-hybridized carbons (Fsp3) is 0.286. The molecule has 3 rings (SSSR count). The molecule has 0 atom stereocenters. The first kappa shape index (κ1) is 15.6. The summed E-state index contributed by atoms with van der Waals surface area (Å²) in [6, 6.07) is 2.71. The molecular weight excluding hydrogens is 338 g/mol. The summed E-state index contributed by atoms with van der Waals surface area (Å²) in [4.78, 5) is 36.0. The number of carbonyl (C=O) groups is 2. The monoisotopic (exact) mass is 351 g/mol. The lowest BCUT2D eigenvalue weighted by Gasteiger charge is -2.06. The van der Waals surface area contributed by atoms with E-state index in [-0.39, 0.29) is 15.8 Å². The molecule has 120 valence electrons. The molecule has 0 spiro atoms. The van der Waals surface area contributed by atoms with Crippen molar-refractivity contribution < 1.29 is 14.5 Å². The Labute approximate surface area is 139 Å². The molecule has 0 unspecified atom stereocenters. The van der Waals surface area contributed by atoms with Crippen LogP contribution in [-0.4, -0.2) is 23.8 Å². The van der Waals surface area contributed by atoms with Crippen molar-refractivity contribution in [1.29, 1.82) is 0 Å². The fourth-order valence-corrected chi connectivity index (χ4v) is 4.57. The average molecular weight is 351 g/mol. The Morgan fingerprint density at radius 3 is 2.65 bits per heavy atom. The lowest BCUT2D eigenvalue weighted by Crippen LogP contribution is -2.21. The zero-order valence-corrected chi connectivity index (χ0v) is 13.8. The fourth-order valence-electron chi connectivity index (χ4n) is 2.57. The second kappa shape index (κ2) is 6.09. The van der Waals surface area contributed by atoms with Crippen LogP contribution in [0.1, 0.15) is 36.9 Å². The Morgan fingerprint density at radius 1 is 1.22 bits per heavy atom. The summed E-state index contributed by atoms with van der Waals surface area (Å²) in [5.74, 6) is -0.662. The second-order valence-corrected chi connectivity index (χ2v) is 7.16. The molecule has 0 aliphatic heterocycles. The van der Waals surface area contributed by atoms with Crippen molar-refractivity contribution in [1.82, 2.24) is 5.32 Å². The molecule has 0 saturated heterocycles. The maximum atomic E-state index is 12.3. The van der Waals surface area contributed by atoms with Crippen LogP contribution < -0.4 is 10.6 Å². The lowest BCUT2D eigenvalue weighted by molar-refractivity contribution is -0.380. The van der Waals surface area contributed by atoms with Crippen molar-refractivity contribution in [3.8, 4) is 0 Å². The number of hydrogen-bond acceptors (Lipinski definition) is 6. The van der Waals surface area contributed by atoms with Gasteiger partial charge in [-0.05, 0) is 30.9 Å². The van der Waals surface area contributed by atoms with Crippen LogP contribution in [0.3, 0.4) is 0 Å². The number of fused-ring (bicyclic) bond motifs is 1. The average Bonchev–Trinajstić information content (AvgIpc) is 3.21. The van der Waals surface area contributed by atoms with E-state index < -0.39 is 10.8 Å². The number of carbonyl (C=O) groups excluding carboxylic acids is 2. The number of nitro groups is 1. The summed E-state index contributed by atoms with van der Waals surface area (Å²) in [7, 11) is 1.55. The van der Waals surface area contributed by atoms with Gasteiger partial charge >= 0.3 is 5.00 Å². The minimum absolute atomic E-state index is 0.0876. The van der Waals surface area contributed by atoms with Crippen LogP contribution in [0.5, 0.6) is 0 Å².